The average Bonchev–Trinajstić information content (AvgIpc) is 3.26. The summed E-state index contributed by atoms with van der Waals surface area (Å²) in [5, 5.41) is 0. The van der Waals surface area contributed by atoms with E-state index in [4.69, 9.17) is 0 Å². The van der Waals surface area contributed by atoms with Crippen molar-refractivity contribution in [2.24, 2.45) is 11.8 Å². The Bertz CT molecular complexity index is 518. The van der Waals surface area contributed by atoms with Crippen LogP contribution in [0.25, 0.3) is 0 Å². The molecule has 2 aliphatic rings. The Morgan fingerprint density at radius 3 is 2.20 bits per heavy atom. The molecule has 0 radical (unpaired) electrons. The highest BCUT2D eigenvalue weighted by Gasteiger charge is 2.30. The van der Waals surface area contributed by atoms with Crippen LogP contribution in [-0.4, -0.2) is 18.9 Å². The quantitative estimate of drug-likeness (QED) is 0.732. The lowest BCUT2D eigenvalue weighted by atomic mass is 10.0. The molecule has 0 amide bonds. The number of Topliss-reactive ketones (excluding diaryl/α,β-unsaturated/α-hetero) is 1. The maximum absolute atomic E-state index is 13.8. The number of aryl methyl sites for hydroxylation is 1. The summed E-state index contributed by atoms with van der Waals surface area (Å²) in [4.78, 5) is 14.2. The first kappa shape index (κ1) is 13.6. The molecule has 3 rings (SSSR count). The van der Waals surface area contributed by atoms with Gasteiger partial charge in [0.2, 0.25) is 0 Å². The lowest BCUT2D eigenvalue weighted by Crippen LogP contribution is -2.29. The fraction of sp³-hybridized carbons (Fsp3) is 0.588. The van der Waals surface area contributed by atoms with E-state index in [1.807, 2.05) is 6.07 Å². The van der Waals surface area contributed by atoms with Crippen LogP contribution in [-0.2, 0) is 0 Å². The molecule has 20 heavy (non-hydrogen) atoms. The van der Waals surface area contributed by atoms with Crippen molar-refractivity contribution >= 4 is 11.5 Å². The summed E-state index contributed by atoms with van der Waals surface area (Å²) in [5.74, 6) is 1.20. The standard InChI is InChI=1S/C17H22FNO/c1-11-7-17(15(12(2)20)8-16(11)18)19(9-13-3-4-13)10-14-5-6-14/h7-8,13-14H,3-6,9-10H2,1-2H3. The van der Waals surface area contributed by atoms with Gasteiger partial charge in [-0.25, -0.2) is 4.39 Å². The number of hydrogen-bond acceptors (Lipinski definition) is 2. The van der Waals surface area contributed by atoms with Crippen molar-refractivity contribution < 1.29 is 9.18 Å². The lowest BCUT2D eigenvalue weighted by Gasteiger charge is -2.27. The second-order valence-corrected chi connectivity index (χ2v) is 6.47. The third kappa shape index (κ3) is 3.02. The van der Waals surface area contributed by atoms with Crippen LogP contribution < -0.4 is 4.90 Å². The summed E-state index contributed by atoms with van der Waals surface area (Å²) in [6, 6.07) is 3.27. The van der Waals surface area contributed by atoms with Gasteiger partial charge in [0, 0.05) is 24.3 Å². The van der Waals surface area contributed by atoms with E-state index in [-0.39, 0.29) is 11.6 Å². The smallest absolute Gasteiger partial charge is 0.161 e. The van der Waals surface area contributed by atoms with Crippen molar-refractivity contribution in [1.29, 1.82) is 0 Å². The molecule has 1 aromatic rings. The molecular weight excluding hydrogens is 253 g/mol. The SMILES string of the molecule is CC(=O)c1cc(F)c(C)cc1N(CC1CC1)CC1CC1. The molecule has 0 bridgehead atoms. The van der Waals surface area contributed by atoms with E-state index in [2.05, 4.69) is 4.90 Å². The number of ketones is 1. The zero-order valence-corrected chi connectivity index (χ0v) is 12.3. The number of carbonyl (C=O) groups is 1. The molecule has 0 atom stereocenters. The Hall–Kier alpha value is -1.38. The van der Waals surface area contributed by atoms with Gasteiger partial charge in [-0.2, -0.15) is 0 Å². The maximum atomic E-state index is 13.8. The van der Waals surface area contributed by atoms with Gasteiger partial charge in [0.15, 0.2) is 5.78 Å². The molecule has 0 aromatic heterocycles. The van der Waals surface area contributed by atoms with E-state index in [0.29, 0.717) is 11.1 Å². The van der Waals surface area contributed by atoms with Crippen LogP contribution in [0, 0.1) is 24.6 Å². The zero-order chi connectivity index (χ0) is 14.3. The molecule has 2 fully saturated rings. The fourth-order valence-electron chi connectivity index (χ4n) is 2.71. The second-order valence-electron chi connectivity index (χ2n) is 6.47. The van der Waals surface area contributed by atoms with Crippen LogP contribution in [0.5, 0.6) is 0 Å². The monoisotopic (exact) mass is 275 g/mol. The number of rotatable bonds is 6. The number of anilines is 1. The van der Waals surface area contributed by atoms with E-state index in [1.165, 1.54) is 38.7 Å². The average molecular weight is 275 g/mol. The molecule has 2 nitrogen and oxygen atoms in total. The summed E-state index contributed by atoms with van der Waals surface area (Å²) < 4.78 is 13.8. The zero-order valence-electron chi connectivity index (χ0n) is 12.3. The van der Waals surface area contributed by atoms with Gasteiger partial charge >= 0.3 is 0 Å². The van der Waals surface area contributed by atoms with E-state index < -0.39 is 0 Å². The van der Waals surface area contributed by atoms with Crippen molar-refractivity contribution in [3.63, 3.8) is 0 Å². The van der Waals surface area contributed by atoms with Gasteiger partial charge in [-0.3, -0.25) is 4.79 Å². The van der Waals surface area contributed by atoms with Gasteiger partial charge in [0.05, 0.1) is 0 Å². The molecule has 0 spiro atoms. The third-order valence-corrected chi connectivity index (χ3v) is 4.35. The molecule has 0 N–H and O–H groups in total. The molecule has 108 valence electrons. The van der Waals surface area contributed by atoms with Gasteiger partial charge in [-0.15, -0.1) is 0 Å². The first-order valence-electron chi connectivity index (χ1n) is 7.60. The summed E-state index contributed by atoms with van der Waals surface area (Å²) >= 11 is 0. The summed E-state index contributed by atoms with van der Waals surface area (Å²) in [6.45, 7) is 5.33. The van der Waals surface area contributed by atoms with Crippen molar-refractivity contribution in [1.82, 2.24) is 0 Å². The van der Waals surface area contributed by atoms with Crippen LogP contribution in [0.3, 0.4) is 0 Å². The normalized spacial score (nSPS) is 18.1. The van der Waals surface area contributed by atoms with E-state index in [9.17, 15) is 9.18 Å². The Kier molecular flexibility index (Phi) is 3.53. The fourth-order valence-corrected chi connectivity index (χ4v) is 2.71. The van der Waals surface area contributed by atoms with Gasteiger partial charge in [-0.05, 0) is 69.1 Å². The van der Waals surface area contributed by atoms with Crippen LogP contribution in [0.4, 0.5) is 10.1 Å². The largest absolute Gasteiger partial charge is 0.370 e. The minimum atomic E-state index is -0.281. The number of carbonyl (C=O) groups excluding carboxylic acids is 1. The van der Waals surface area contributed by atoms with Crippen LogP contribution in [0.15, 0.2) is 12.1 Å². The van der Waals surface area contributed by atoms with Crippen molar-refractivity contribution in [3.05, 3.63) is 29.1 Å². The van der Waals surface area contributed by atoms with Crippen LogP contribution in [0.1, 0.15) is 48.5 Å². The number of halogens is 1. The van der Waals surface area contributed by atoms with Gasteiger partial charge in [0.25, 0.3) is 0 Å². The highest BCUT2D eigenvalue weighted by molar-refractivity contribution is 6.00. The van der Waals surface area contributed by atoms with Crippen molar-refractivity contribution in [2.45, 2.75) is 39.5 Å². The van der Waals surface area contributed by atoms with Gasteiger partial charge in [0.1, 0.15) is 5.82 Å². The van der Waals surface area contributed by atoms with Crippen LogP contribution in [0.2, 0.25) is 0 Å². The van der Waals surface area contributed by atoms with Gasteiger partial charge in [-0.1, -0.05) is 0 Å². The first-order valence-corrected chi connectivity index (χ1v) is 7.60. The molecule has 0 unspecified atom stereocenters. The van der Waals surface area contributed by atoms with Crippen molar-refractivity contribution in [3.8, 4) is 0 Å². The van der Waals surface area contributed by atoms with E-state index in [0.717, 1.165) is 30.6 Å². The Labute approximate surface area is 120 Å². The Morgan fingerprint density at radius 1 is 1.20 bits per heavy atom. The molecule has 0 aliphatic heterocycles. The number of benzene rings is 1. The Morgan fingerprint density at radius 2 is 1.75 bits per heavy atom. The molecule has 0 saturated heterocycles. The third-order valence-electron chi connectivity index (χ3n) is 4.35. The summed E-state index contributed by atoms with van der Waals surface area (Å²) in [5.41, 5.74) is 2.10. The predicted octanol–water partition coefficient (Wildman–Crippen LogP) is 3.96. The van der Waals surface area contributed by atoms with E-state index >= 15 is 0 Å². The topological polar surface area (TPSA) is 20.3 Å². The molecule has 1 aromatic carbocycles. The maximum Gasteiger partial charge on any atom is 0.161 e. The highest BCUT2D eigenvalue weighted by Crippen LogP contribution is 2.37. The van der Waals surface area contributed by atoms with E-state index in [1.54, 1.807) is 6.92 Å². The highest BCUT2D eigenvalue weighted by atomic mass is 19.1. The second kappa shape index (κ2) is 5.19. The lowest BCUT2D eigenvalue weighted by molar-refractivity contribution is 0.101. The number of nitrogens with zero attached hydrogens (tertiary/aromatic N) is 1. The predicted molar refractivity (Wildman–Crippen MR) is 78.8 cm³/mol. The molecule has 0 heterocycles. The van der Waals surface area contributed by atoms with Crippen LogP contribution >= 0.6 is 0 Å². The summed E-state index contributed by atoms with van der Waals surface area (Å²) in [6.07, 6.45) is 5.15. The minimum absolute atomic E-state index is 0.0458. The van der Waals surface area contributed by atoms with Crippen molar-refractivity contribution in [2.75, 3.05) is 18.0 Å². The molecular formula is C17H22FNO. The molecule has 3 heteroatoms. The molecule has 2 saturated carbocycles. The summed E-state index contributed by atoms with van der Waals surface area (Å²) in [7, 11) is 0. The number of hydrogen-bond donors (Lipinski definition) is 0. The minimum Gasteiger partial charge on any atom is -0.370 e. The molecule has 2 aliphatic carbocycles. The Balaban J connectivity index is 1.93. The van der Waals surface area contributed by atoms with Gasteiger partial charge < -0.3 is 4.90 Å². The first-order chi connectivity index (χ1) is 9.54.